The predicted octanol–water partition coefficient (Wildman–Crippen LogP) is 1.01. The Bertz CT molecular complexity index is 819. The second-order valence-electron chi connectivity index (χ2n) is 5.43. The topological polar surface area (TPSA) is 115 Å². The minimum Gasteiger partial charge on any atom is -0.466 e. The van der Waals surface area contributed by atoms with Crippen LogP contribution in [0.4, 0.5) is 5.69 Å². The van der Waals surface area contributed by atoms with Crippen molar-refractivity contribution >= 4 is 35.2 Å². The summed E-state index contributed by atoms with van der Waals surface area (Å²) in [6.07, 6.45) is 0.0295. The van der Waals surface area contributed by atoms with E-state index in [0.29, 0.717) is 28.8 Å². The summed E-state index contributed by atoms with van der Waals surface area (Å²) in [5.41, 5.74) is 1.10. The normalized spacial score (nSPS) is 10.3. The Morgan fingerprint density at radius 3 is 2.52 bits per heavy atom. The summed E-state index contributed by atoms with van der Waals surface area (Å²) >= 11 is 1.21. The molecule has 0 unspecified atom stereocenters. The molecule has 0 aliphatic carbocycles. The molecule has 0 bridgehead atoms. The zero-order valence-electron chi connectivity index (χ0n) is 15.3. The highest BCUT2D eigenvalue weighted by molar-refractivity contribution is 7.99. The first-order chi connectivity index (χ1) is 12.9. The monoisotopic (exact) mass is 391 g/mol. The molecule has 2 rings (SSSR count). The number of thioether (sulfide) groups is 1. The summed E-state index contributed by atoms with van der Waals surface area (Å²) in [6.45, 7) is 2.04. The van der Waals surface area contributed by atoms with E-state index < -0.39 is 0 Å². The molecule has 1 heterocycles. The number of carbonyl (C=O) groups excluding carboxylic acids is 3. The molecule has 0 saturated carbocycles. The first kappa shape index (κ1) is 20.4. The van der Waals surface area contributed by atoms with Gasteiger partial charge in [-0.05, 0) is 31.2 Å². The van der Waals surface area contributed by atoms with Crippen molar-refractivity contribution in [1.82, 2.24) is 20.1 Å². The van der Waals surface area contributed by atoms with Gasteiger partial charge in [-0.25, -0.2) is 0 Å². The molecule has 1 aromatic heterocycles. The van der Waals surface area contributed by atoms with Gasteiger partial charge in [0.15, 0.2) is 5.16 Å². The minimum absolute atomic E-state index is 0.0295. The lowest BCUT2D eigenvalue weighted by molar-refractivity contribution is -0.142. The van der Waals surface area contributed by atoms with Crippen molar-refractivity contribution in [2.75, 3.05) is 24.7 Å². The summed E-state index contributed by atoms with van der Waals surface area (Å²) in [6, 6.07) is 6.58. The van der Waals surface area contributed by atoms with Crippen molar-refractivity contribution in [3.8, 4) is 0 Å². The Hall–Kier alpha value is -2.88. The van der Waals surface area contributed by atoms with E-state index in [2.05, 4.69) is 20.8 Å². The van der Waals surface area contributed by atoms with Gasteiger partial charge >= 0.3 is 5.97 Å². The molecule has 10 heteroatoms. The Morgan fingerprint density at radius 1 is 1.19 bits per heavy atom. The first-order valence-corrected chi connectivity index (χ1v) is 9.21. The van der Waals surface area contributed by atoms with Gasteiger partial charge in [0.05, 0.1) is 12.4 Å². The van der Waals surface area contributed by atoms with Crippen LogP contribution in [0.5, 0.6) is 0 Å². The number of nitrogens with zero attached hydrogens (tertiary/aromatic N) is 3. The van der Waals surface area contributed by atoms with Gasteiger partial charge in [0.1, 0.15) is 12.2 Å². The van der Waals surface area contributed by atoms with Crippen LogP contribution >= 0.6 is 11.8 Å². The van der Waals surface area contributed by atoms with Crippen LogP contribution < -0.4 is 10.6 Å². The summed E-state index contributed by atoms with van der Waals surface area (Å²) in [5, 5.41) is 13.8. The zero-order valence-corrected chi connectivity index (χ0v) is 16.1. The fraction of sp³-hybridized carbons (Fsp3) is 0.353. The number of anilines is 1. The first-order valence-electron chi connectivity index (χ1n) is 8.23. The van der Waals surface area contributed by atoms with Crippen molar-refractivity contribution < 1.29 is 19.1 Å². The van der Waals surface area contributed by atoms with E-state index in [0.717, 1.165) is 0 Å². The molecule has 144 valence electrons. The number of hydrogen-bond acceptors (Lipinski definition) is 7. The van der Waals surface area contributed by atoms with Gasteiger partial charge in [-0.3, -0.25) is 14.4 Å². The molecule has 0 atom stereocenters. The minimum atomic E-state index is -0.373. The van der Waals surface area contributed by atoms with E-state index in [9.17, 15) is 14.4 Å². The van der Waals surface area contributed by atoms with Crippen LogP contribution in [0.2, 0.25) is 0 Å². The third-order valence-electron chi connectivity index (χ3n) is 3.52. The van der Waals surface area contributed by atoms with Crippen LogP contribution in [0, 0.1) is 0 Å². The largest absolute Gasteiger partial charge is 0.466 e. The molecule has 9 nitrogen and oxygen atoms in total. The van der Waals surface area contributed by atoms with E-state index in [1.54, 1.807) is 49.9 Å². The second-order valence-corrected chi connectivity index (χ2v) is 6.38. The third kappa shape index (κ3) is 5.81. The van der Waals surface area contributed by atoms with Crippen molar-refractivity contribution in [2.45, 2.75) is 18.5 Å². The molecule has 0 aliphatic heterocycles. The Morgan fingerprint density at radius 2 is 1.89 bits per heavy atom. The molecule has 27 heavy (non-hydrogen) atoms. The highest BCUT2D eigenvalue weighted by atomic mass is 32.2. The van der Waals surface area contributed by atoms with Crippen LogP contribution in [-0.2, 0) is 27.8 Å². The van der Waals surface area contributed by atoms with Gasteiger partial charge in [-0.2, -0.15) is 0 Å². The Labute approximate surface area is 160 Å². The fourth-order valence-electron chi connectivity index (χ4n) is 2.14. The van der Waals surface area contributed by atoms with Gasteiger partial charge < -0.3 is 19.9 Å². The van der Waals surface area contributed by atoms with Crippen LogP contribution in [0.1, 0.15) is 23.1 Å². The summed E-state index contributed by atoms with van der Waals surface area (Å²) < 4.78 is 6.55. The van der Waals surface area contributed by atoms with Gasteiger partial charge in [-0.1, -0.05) is 11.8 Å². The molecule has 2 aromatic rings. The number of aromatic nitrogens is 3. The number of hydrogen-bond donors (Lipinski definition) is 2. The lowest BCUT2D eigenvalue weighted by atomic mass is 10.2. The maximum atomic E-state index is 12.1. The van der Waals surface area contributed by atoms with Gasteiger partial charge in [-0.15, -0.1) is 10.2 Å². The van der Waals surface area contributed by atoms with Crippen LogP contribution in [0.25, 0.3) is 0 Å². The van der Waals surface area contributed by atoms with Crippen LogP contribution in [0.15, 0.2) is 29.4 Å². The number of ether oxygens (including phenoxy) is 1. The number of esters is 1. The van der Waals surface area contributed by atoms with Crippen molar-refractivity contribution in [3.63, 3.8) is 0 Å². The highest BCUT2D eigenvalue weighted by Crippen LogP contribution is 2.17. The lowest BCUT2D eigenvalue weighted by Gasteiger charge is -2.06. The highest BCUT2D eigenvalue weighted by Gasteiger charge is 2.15. The van der Waals surface area contributed by atoms with Crippen LogP contribution in [-0.4, -0.2) is 52.0 Å². The maximum absolute atomic E-state index is 12.1. The standard InChI is InChI=1S/C17H21N5O4S/c1-4-26-15(24)9-13-20-21-17(22(13)3)27-10-14(23)19-12-7-5-11(6-8-12)16(25)18-2/h5-8H,4,9-10H2,1-3H3,(H,18,25)(H,19,23). The molecular formula is C17H21N5O4S. The van der Waals surface area contributed by atoms with E-state index in [4.69, 9.17) is 4.74 Å². The van der Waals surface area contributed by atoms with E-state index in [1.165, 1.54) is 11.8 Å². The Balaban J connectivity index is 1.87. The molecular weight excluding hydrogens is 370 g/mol. The van der Waals surface area contributed by atoms with Gasteiger partial charge in [0, 0.05) is 25.3 Å². The number of nitrogens with one attached hydrogen (secondary N) is 2. The summed E-state index contributed by atoms with van der Waals surface area (Å²) in [4.78, 5) is 35.1. The fourth-order valence-corrected chi connectivity index (χ4v) is 2.87. The van der Waals surface area contributed by atoms with Crippen molar-refractivity contribution in [1.29, 1.82) is 0 Å². The molecule has 1 aromatic carbocycles. The second kappa shape index (κ2) is 9.72. The zero-order chi connectivity index (χ0) is 19.8. The average molecular weight is 391 g/mol. The molecule has 0 spiro atoms. The average Bonchev–Trinajstić information content (AvgIpc) is 3.00. The number of rotatable bonds is 8. The third-order valence-corrected chi connectivity index (χ3v) is 4.54. The SMILES string of the molecule is CCOC(=O)Cc1nnc(SCC(=O)Nc2ccc(C(=O)NC)cc2)n1C. The molecule has 0 radical (unpaired) electrons. The molecule has 0 fully saturated rings. The smallest absolute Gasteiger partial charge is 0.313 e. The van der Waals surface area contributed by atoms with Gasteiger partial charge in [0.2, 0.25) is 5.91 Å². The lowest BCUT2D eigenvalue weighted by Crippen LogP contribution is -2.18. The molecule has 0 saturated heterocycles. The predicted molar refractivity (Wildman–Crippen MR) is 101 cm³/mol. The number of carbonyl (C=O) groups is 3. The van der Waals surface area contributed by atoms with E-state index >= 15 is 0 Å². The van der Waals surface area contributed by atoms with Gasteiger partial charge in [0.25, 0.3) is 5.91 Å². The quantitative estimate of drug-likeness (QED) is 0.510. The Kier molecular flexibility index (Phi) is 7.35. The molecule has 2 amide bonds. The maximum Gasteiger partial charge on any atom is 0.313 e. The van der Waals surface area contributed by atoms with E-state index in [-0.39, 0.29) is 30.0 Å². The molecule has 2 N–H and O–H groups in total. The van der Waals surface area contributed by atoms with Crippen LogP contribution in [0.3, 0.4) is 0 Å². The molecule has 0 aliphatic rings. The van der Waals surface area contributed by atoms with Crippen molar-refractivity contribution in [2.24, 2.45) is 7.05 Å². The summed E-state index contributed by atoms with van der Waals surface area (Å²) in [7, 11) is 3.28. The van der Waals surface area contributed by atoms with Crippen molar-refractivity contribution in [3.05, 3.63) is 35.7 Å². The number of benzene rings is 1. The summed E-state index contributed by atoms with van der Waals surface area (Å²) in [5.74, 6) is -0.182. The number of amides is 2. The van der Waals surface area contributed by atoms with E-state index in [1.807, 2.05) is 0 Å².